The zero-order valence-electron chi connectivity index (χ0n) is 25.7. The first kappa shape index (κ1) is 30.7. The van der Waals surface area contributed by atoms with Gasteiger partial charge < -0.3 is 29.9 Å². The minimum Gasteiger partial charge on any atom is -0.455 e. The number of carbonyl (C=O) groups excluding carboxylic acids is 1. The maximum Gasteiger partial charge on any atom is 0.253 e. The van der Waals surface area contributed by atoms with Crippen LogP contribution in [0.5, 0.6) is 11.5 Å². The molecule has 10 nitrogen and oxygen atoms in total. The van der Waals surface area contributed by atoms with Crippen LogP contribution in [-0.4, -0.2) is 68.2 Å². The number of nitrogens with zero attached hydrogens (tertiary/aromatic N) is 5. The first-order valence-electron chi connectivity index (χ1n) is 14.9. The molecule has 10 heteroatoms. The monoisotopic (exact) mass is 593 g/mol. The summed E-state index contributed by atoms with van der Waals surface area (Å²) < 4.78 is 7.94. The van der Waals surface area contributed by atoms with Gasteiger partial charge >= 0.3 is 0 Å². The average molecular weight is 594 g/mol. The number of rotatable bonds is 13. The van der Waals surface area contributed by atoms with E-state index in [2.05, 4.69) is 44.3 Å². The Morgan fingerprint density at radius 2 is 1.84 bits per heavy atom. The molecule has 0 unspecified atom stereocenters. The fourth-order valence-electron chi connectivity index (χ4n) is 5.06. The number of ether oxygens (including phenoxy) is 1. The molecule has 0 aliphatic carbocycles. The minimum absolute atomic E-state index is 0.0471. The molecule has 0 saturated carbocycles. The normalized spacial score (nSPS) is 11.2. The zero-order chi connectivity index (χ0) is 31.1. The van der Waals surface area contributed by atoms with Crippen molar-refractivity contribution in [3.8, 4) is 17.2 Å². The molecule has 0 radical (unpaired) electrons. The number of aliphatic hydroxyl groups excluding tert-OH is 1. The topological polar surface area (TPSA) is 117 Å². The van der Waals surface area contributed by atoms with Gasteiger partial charge in [-0.25, -0.2) is 9.97 Å². The van der Waals surface area contributed by atoms with Gasteiger partial charge in [-0.2, -0.15) is 0 Å². The molecule has 0 atom stereocenters. The van der Waals surface area contributed by atoms with Crippen LogP contribution in [-0.2, 0) is 6.42 Å². The highest BCUT2D eigenvalue weighted by Crippen LogP contribution is 2.30. The standard InChI is InChI=1S/C34H39N7O3/c1-5-40(6-2)15-14-35-34(43)30-21-41(20-25(30)13-16-42)27-9-11-31-29(18-27)33(38-22-37-31)39-26-8-12-32(23(3)17-26)44-28-10-7-24(4)36-19-28/h7-12,17-22,42H,5-6,13-16H2,1-4H3,(H,35,43)(H,37,38,39). The Balaban J connectivity index is 1.37. The van der Waals surface area contributed by atoms with Gasteiger partial charge in [0.25, 0.3) is 5.91 Å². The predicted molar refractivity (Wildman–Crippen MR) is 173 cm³/mol. The number of pyridine rings is 1. The van der Waals surface area contributed by atoms with E-state index in [1.807, 2.05) is 79.3 Å². The quantitative estimate of drug-likeness (QED) is 0.162. The van der Waals surface area contributed by atoms with E-state index in [0.29, 0.717) is 30.1 Å². The maximum absolute atomic E-state index is 13.1. The average Bonchev–Trinajstić information content (AvgIpc) is 3.46. The molecule has 2 aromatic carbocycles. The van der Waals surface area contributed by atoms with E-state index in [1.165, 1.54) is 6.33 Å². The van der Waals surface area contributed by atoms with E-state index in [-0.39, 0.29) is 12.5 Å². The number of fused-ring (bicyclic) bond motifs is 1. The predicted octanol–water partition coefficient (Wildman–Crippen LogP) is 5.57. The summed E-state index contributed by atoms with van der Waals surface area (Å²) in [4.78, 5) is 28.7. The molecule has 0 aliphatic rings. The number of amides is 1. The van der Waals surface area contributed by atoms with Crippen LogP contribution in [0.2, 0.25) is 0 Å². The molecule has 5 rings (SSSR count). The van der Waals surface area contributed by atoms with Crippen molar-refractivity contribution in [2.75, 3.05) is 38.1 Å². The van der Waals surface area contributed by atoms with E-state index in [9.17, 15) is 9.90 Å². The highest BCUT2D eigenvalue weighted by Gasteiger charge is 2.16. The van der Waals surface area contributed by atoms with Gasteiger partial charge in [0.2, 0.25) is 0 Å². The number of carbonyl (C=O) groups is 1. The Morgan fingerprint density at radius 1 is 1.00 bits per heavy atom. The van der Waals surface area contributed by atoms with Gasteiger partial charge in [-0.15, -0.1) is 0 Å². The van der Waals surface area contributed by atoms with Crippen LogP contribution in [0.15, 0.2) is 73.4 Å². The lowest BCUT2D eigenvalue weighted by Gasteiger charge is -2.17. The molecule has 0 fully saturated rings. The van der Waals surface area contributed by atoms with Crippen LogP contribution in [0.25, 0.3) is 16.6 Å². The van der Waals surface area contributed by atoms with Gasteiger partial charge in [-0.3, -0.25) is 9.78 Å². The fourth-order valence-corrected chi connectivity index (χ4v) is 5.06. The molecule has 1 amide bonds. The van der Waals surface area contributed by atoms with Crippen LogP contribution >= 0.6 is 0 Å². The van der Waals surface area contributed by atoms with E-state index in [4.69, 9.17) is 4.74 Å². The number of aliphatic hydroxyl groups is 1. The summed E-state index contributed by atoms with van der Waals surface area (Å²) in [6.45, 7) is 11.3. The molecule has 44 heavy (non-hydrogen) atoms. The molecule has 5 aromatic rings. The Labute approximate surface area is 257 Å². The first-order valence-corrected chi connectivity index (χ1v) is 14.9. The van der Waals surface area contributed by atoms with E-state index in [1.54, 1.807) is 6.20 Å². The lowest BCUT2D eigenvalue weighted by atomic mass is 10.1. The lowest BCUT2D eigenvalue weighted by Crippen LogP contribution is -2.35. The number of benzene rings is 2. The summed E-state index contributed by atoms with van der Waals surface area (Å²) in [5.41, 5.74) is 5.73. The molecule has 0 bridgehead atoms. The number of hydrogen-bond acceptors (Lipinski definition) is 8. The van der Waals surface area contributed by atoms with E-state index < -0.39 is 0 Å². The third-order valence-electron chi connectivity index (χ3n) is 7.61. The molecule has 0 spiro atoms. The second-order valence-corrected chi connectivity index (χ2v) is 10.6. The van der Waals surface area contributed by atoms with Crippen molar-refractivity contribution in [1.29, 1.82) is 0 Å². The number of anilines is 2. The second-order valence-electron chi connectivity index (χ2n) is 10.6. The summed E-state index contributed by atoms with van der Waals surface area (Å²) in [5.74, 6) is 1.94. The highest BCUT2D eigenvalue weighted by molar-refractivity contribution is 5.96. The third kappa shape index (κ3) is 7.21. The summed E-state index contributed by atoms with van der Waals surface area (Å²) in [6, 6.07) is 15.6. The number of likely N-dealkylation sites (N-methyl/N-ethyl adjacent to an activating group) is 1. The summed E-state index contributed by atoms with van der Waals surface area (Å²) in [7, 11) is 0. The molecule has 3 heterocycles. The molecule has 228 valence electrons. The summed E-state index contributed by atoms with van der Waals surface area (Å²) >= 11 is 0. The van der Waals surface area contributed by atoms with Crippen molar-refractivity contribution >= 4 is 28.3 Å². The van der Waals surface area contributed by atoms with Crippen molar-refractivity contribution < 1.29 is 14.6 Å². The van der Waals surface area contributed by atoms with Gasteiger partial charge in [-0.05, 0) is 93.0 Å². The van der Waals surface area contributed by atoms with Crippen LogP contribution in [0.4, 0.5) is 11.5 Å². The molecular formula is C34H39N7O3. The Kier molecular flexibility index (Phi) is 9.83. The highest BCUT2D eigenvalue weighted by atomic mass is 16.5. The maximum atomic E-state index is 13.1. The van der Waals surface area contributed by atoms with Crippen molar-refractivity contribution in [3.05, 3.63) is 95.8 Å². The molecule has 3 aromatic heterocycles. The van der Waals surface area contributed by atoms with Crippen LogP contribution in [0.1, 0.15) is 41.0 Å². The van der Waals surface area contributed by atoms with Gasteiger partial charge in [0.1, 0.15) is 23.6 Å². The number of nitrogens with one attached hydrogen (secondary N) is 2. The van der Waals surface area contributed by atoms with E-state index in [0.717, 1.165) is 64.5 Å². The molecule has 3 N–H and O–H groups in total. The Morgan fingerprint density at radius 3 is 2.57 bits per heavy atom. The molecule has 0 saturated heterocycles. The van der Waals surface area contributed by atoms with Crippen LogP contribution < -0.4 is 15.4 Å². The van der Waals surface area contributed by atoms with Crippen LogP contribution in [0, 0.1) is 13.8 Å². The van der Waals surface area contributed by atoms with Crippen molar-refractivity contribution in [3.63, 3.8) is 0 Å². The SMILES string of the molecule is CCN(CC)CCNC(=O)c1cn(-c2ccc3ncnc(Nc4ccc(Oc5ccc(C)nc5)c(C)c4)c3c2)cc1CCO. The Bertz CT molecular complexity index is 1730. The molecular weight excluding hydrogens is 554 g/mol. The number of aryl methyl sites for hydroxylation is 2. The largest absolute Gasteiger partial charge is 0.455 e. The van der Waals surface area contributed by atoms with Crippen molar-refractivity contribution in [1.82, 2.24) is 29.7 Å². The number of aromatic nitrogens is 4. The fraction of sp³-hybridized carbons (Fsp3) is 0.294. The smallest absolute Gasteiger partial charge is 0.253 e. The summed E-state index contributed by atoms with van der Waals surface area (Å²) in [5, 5.41) is 17.0. The van der Waals surface area contributed by atoms with Crippen LogP contribution in [0.3, 0.4) is 0 Å². The first-order chi connectivity index (χ1) is 21.4. The summed E-state index contributed by atoms with van der Waals surface area (Å²) in [6.07, 6.45) is 7.36. The van der Waals surface area contributed by atoms with Gasteiger partial charge in [0.15, 0.2) is 0 Å². The zero-order valence-corrected chi connectivity index (χ0v) is 25.7. The minimum atomic E-state index is -0.146. The third-order valence-corrected chi connectivity index (χ3v) is 7.61. The van der Waals surface area contributed by atoms with Gasteiger partial charge in [0.05, 0.1) is 17.3 Å². The van der Waals surface area contributed by atoms with Crippen molar-refractivity contribution in [2.24, 2.45) is 0 Å². The second kappa shape index (κ2) is 14.1. The van der Waals surface area contributed by atoms with E-state index >= 15 is 0 Å². The van der Waals surface area contributed by atoms with Crippen molar-refractivity contribution in [2.45, 2.75) is 34.1 Å². The molecule has 0 aliphatic heterocycles. The lowest BCUT2D eigenvalue weighted by molar-refractivity contribution is 0.0948. The van der Waals surface area contributed by atoms with Gasteiger partial charge in [0, 0.05) is 54.5 Å². The Hall–Kier alpha value is -4.80. The van der Waals surface area contributed by atoms with Gasteiger partial charge in [-0.1, -0.05) is 13.8 Å². The number of hydrogen-bond donors (Lipinski definition) is 3.